The Kier molecular flexibility index (Phi) is 4.65. The largest absolute Gasteiger partial charge is 0.370 e. The standard InChI is InChI=1S/C15H25N5O/c1-6-16-13-10(4)14(19-12(18-13)9(2)3)20-8-7-17-15(21)11(20)5/h9,11H,6-8H2,1-5H3,(H,17,21)(H,16,18,19). The minimum Gasteiger partial charge on any atom is -0.370 e. The van der Waals surface area contributed by atoms with Gasteiger partial charge in [0, 0.05) is 31.1 Å². The zero-order valence-electron chi connectivity index (χ0n) is 13.5. The number of rotatable bonds is 4. The van der Waals surface area contributed by atoms with Crippen LogP contribution in [0.15, 0.2) is 0 Å². The van der Waals surface area contributed by atoms with Gasteiger partial charge in [-0.05, 0) is 20.8 Å². The Hall–Kier alpha value is -1.85. The Labute approximate surface area is 126 Å². The molecule has 0 aliphatic carbocycles. The van der Waals surface area contributed by atoms with E-state index in [9.17, 15) is 4.79 Å². The number of hydrogen-bond acceptors (Lipinski definition) is 5. The van der Waals surface area contributed by atoms with Crippen molar-refractivity contribution in [2.24, 2.45) is 0 Å². The summed E-state index contributed by atoms with van der Waals surface area (Å²) in [5, 5.41) is 6.19. The fourth-order valence-electron chi connectivity index (χ4n) is 2.47. The molecule has 6 heteroatoms. The summed E-state index contributed by atoms with van der Waals surface area (Å²) in [6.07, 6.45) is 0. The minimum absolute atomic E-state index is 0.0513. The molecule has 1 aliphatic rings. The molecule has 1 unspecified atom stereocenters. The van der Waals surface area contributed by atoms with Crippen molar-refractivity contribution in [1.82, 2.24) is 15.3 Å². The number of carbonyl (C=O) groups excluding carboxylic acids is 1. The average molecular weight is 291 g/mol. The van der Waals surface area contributed by atoms with Crippen LogP contribution in [0.25, 0.3) is 0 Å². The Morgan fingerprint density at radius 3 is 2.76 bits per heavy atom. The number of piperazine rings is 1. The molecule has 1 aromatic rings. The first-order chi connectivity index (χ1) is 9.95. The van der Waals surface area contributed by atoms with Gasteiger partial charge in [-0.2, -0.15) is 0 Å². The molecule has 116 valence electrons. The van der Waals surface area contributed by atoms with Crippen molar-refractivity contribution in [2.45, 2.75) is 46.6 Å². The van der Waals surface area contributed by atoms with Gasteiger partial charge in [0.1, 0.15) is 23.5 Å². The van der Waals surface area contributed by atoms with Gasteiger partial charge in [-0.1, -0.05) is 13.8 Å². The Morgan fingerprint density at radius 2 is 2.14 bits per heavy atom. The van der Waals surface area contributed by atoms with Crippen LogP contribution >= 0.6 is 0 Å². The number of anilines is 2. The van der Waals surface area contributed by atoms with Crippen LogP contribution in [0.5, 0.6) is 0 Å². The van der Waals surface area contributed by atoms with Crippen LogP contribution < -0.4 is 15.5 Å². The van der Waals surface area contributed by atoms with E-state index < -0.39 is 0 Å². The van der Waals surface area contributed by atoms with Crippen molar-refractivity contribution in [3.8, 4) is 0 Å². The molecule has 2 N–H and O–H groups in total. The summed E-state index contributed by atoms with van der Waals surface area (Å²) in [7, 11) is 0. The summed E-state index contributed by atoms with van der Waals surface area (Å²) < 4.78 is 0. The van der Waals surface area contributed by atoms with Gasteiger partial charge < -0.3 is 15.5 Å². The highest BCUT2D eigenvalue weighted by Gasteiger charge is 2.29. The molecule has 2 heterocycles. The first-order valence-corrected chi connectivity index (χ1v) is 7.62. The number of nitrogens with one attached hydrogen (secondary N) is 2. The average Bonchev–Trinajstić information content (AvgIpc) is 2.44. The van der Waals surface area contributed by atoms with E-state index in [1.165, 1.54) is 0 Å². The van der Waals surface area contributed by atoms with Crippen molar-refractivity contribution < 1.29 is 4.79 Å². The number of hydrogen-bond donors (Lipinski definition) is 2. The van der Waals surface area contributed by atoms with E-state index in [0.717, 1.165) is 36.1 Å². The summed E-state index contributed by atoms with van der Waals surface area (Å²) >= 11 is 0. The zero-order chi connectivity index (χ0) is 15.6. The van der Waals surface area contributed by atoms with Gasteiger partial charge in [0.05, 0.1) is 0 Å². The van der Waals surface area contributed by atoms with E-state index >= 15 is 0 Å². The van der Waals surface area contributed by atoms with Crippen molar-refractivity contribution in [3.63, 3.8) is 0 Å². The van der Waals surface area contributed by atoms with Crippen LogP contribution in [-0.4, -0.2) is 41.6 Å². The summed E-state index contributed by atoms with van der Waals surface area (Å²) in [4.78, 5) is 23.3. The van der Waals surface area contributed by atoms with Gasteiger partial charge in [-0.15, -0.1) is 0 Å². The molecule has 1 atom stereocenters. The molecule has 1 fully saturated rings. The molecular weight excluding hydrogens is 266 g/mol. The SMILES string of the molecule is CCNc1nc(C(C)C)nc(N2CCNC(=O)C2C)c1C. The fourth-order valence-corrected chi connectivity index (χ4v) is 2.47. The van der Waals surface area contributed by atoms with E-state index in [1.54, 1.807) is 0 Å². The van der Waals surface area contributed by atoms with Gasteiger partial charge in [0.2, 0.25) is 5.91 Å². The highest BCUT2D eigenvalue weighted by Crippen LogP contribution is 2.28. The Bertz CT molecular complexity index is 529. The molecule has 1 aromatic heterocycles. The summed E-state index contributed by atoms with van der Waals surface area (Å²) in [6.45, 7) is 12.4. The van der Waals surface area contributed by atoms with Crippen LogP contribution in [0.1, 0.15) is 45.0 Å². The van der Waals surface area contributed by atoms with E-state index in [-0.39, 0.29) is 17.9 Å². The highest BCUT2D eigenvalue weighted by atomic mass is 16.2. The molecule has 1 aliphatic heterocycles. The maximum atomic E-state index is 11.9. The maximum absolute atomic E-state index is 11.9. The zero-order valence-corrected chi connectivity index (χ0v) is 13.5. The van der Waals surface area contributed by atoms with E-state index in [4.69, 9.17) is 4.98 Å². The molecule has 1 saturated heterocycles. The van der Waals surface area contributed by atoms with E-state index in [2.05, 4.69) is 34.4 Å². The maximum Gasteiger partial charge on any atom is 0.242 e. The topological polar surface area (TPSA) is 70.2 Å². The second kappa shape index (κ2) is 6.28. The lowest BCUT2D eigenvalue weighted by Gasteiger charge is -2.35. The Morgan fingerprint density at radius 1 is 1.43 bits per heavy atom. The number of aromatic nitrogens is 2. The minimum atomic E-state index is -0.207. The van der Waals surface area contributed by atoms with Crippen LogP contribution in [0.2, 0.25) is 0 Å². The van der Waals surface area contributed by atoms with E-state index in [0.29, 0.717) is 6.54 Å². The van der Waals surface area contributed by atoms with Gasteiger partial charge >= 0.3 is 0 Å². The molecule has 21 heavy (non-hydrogen) atoms. The van der Waals surface area contributed by atoms with Gasteiger partial charge in [-0.25, -0.2) is 9.97 Å². The van der Waals surface area contributed by atoms with Crippen LogP contribution in [0.3, 0.4) is 0 Å². The van der Waals surface area contributed by atoms with Crippen molar-refractivity contribution >= 4 is 17.5 Å². The number of nitrogens with zero attached hydrogens (tertiary/aromatic N) is 3. The lowest BCUT2D eigenvalue weighted by molar-refractivity contribution is -0.122. The smallest absolute Gasteiger partial charge is 0.242 e. The van der Waals surface area contributed by atoms with Gasteiger partial charge in [-0.3, -0.25) is 4.79 Å². The first kappa shape index (κ1) is 15.5. The predicted molar refractivity (Wildman–Crippen MR) is 84.8 cm³/mol. The van der Waals surface area contributed by atoms with Crippen molar-refractivity contribution in [2.75, 3.05) is 29.9 Å². The molecule has 0 aromatic carbocycles. The second-order valence-electron chi connectivity index (χ2n) is 5.72. The molecule has 2 rings (SSSR count). The van der Waals surface area contributed by atoms with Crippen molar-refractivity contribution in [1.29, 1.82) is 0 Å². The van der Waals surface area contributed by atoms with Crippen LogP contribution in [-0.2, 0) is 4.79 Å². The first-order valence-electron chi connectivity index (χ1n) is 7.62. The monoisotopic (exact) mass is 291 g/mol. The third-order valence-corrected chi connectivity index (χ3v) is 3.77. The van der Waals surface area contributed by atoms with Crippen LogP contribution in [0.4, 0.5) is 11.6 Å². The third-order valence-electron chi connectivity index (χ3n) is 3.77. The molecule has 0 saturated carbocycles. The van der Waals surface area contributed by atoms with Gasteiger partial charge in [0.25, 0.3) is 0 Å². The summed E-state index contributed by atoms with van der Waals surface area (Å²) in [6, 6.07) is -0.207. The quantitative estimate of drug-likeness (QED) is 0.883. The molecule has 0 spiro atoms. The number of carbonyl (C=O) groups is 1. The van der Waals surface area contributed by atoms with Crippen molar-refractivity contribution in [3.05, 3.63) is 11.4 Å². The molecule has 0 radical (unpaired) electrons. The number of amides is 1. The summed E-state index contributed by atoms with van der Waals surface area (Å²) in [5.41, 5.74) is 1.00. The van der Waals surface area contributed by atoms with E-state index in [1.807, 2.05) is 20.8 Å². The normalized spacial score (nSPS) is 18.9. The third kappa shape index (κ3) is 3.09. The predicted octanol–water partition coefficient (Wildman–Crippen LogP) is 1.66. The lowest BCUT2D eigenvalue weighted by atomic mass is 10.1. The second-order valence-corrected chi connectivity index (χ2v) is 5.72. The summed E-state index contributed by atoms with van der Waals surface area (Å²) in [5.74, 6) is 2.84. The Balaban J connectivity index is 2.47. The highest BCUT2D eigenvalue weighted by molar-refractivity contribution is 5.86. The molecule has 1 amide bonds. The molecule has 6 nitrogen and oxygen atoms in total. The molecular formula is C15H25N5O. The van der Waals surface area contributed by atoms with Gasteiger partial charge in [0.15, 0.2) is 0 Å². The fraction of sp³-hybridized carbons (Fsp3) is 0.667. The van der Waals surface area contributed by atoms with Crippen LogP contribution in [0, 0.1) is 6.92 Å². The molecule has 0 bridgehead atoms. The lowest BCUT2D eigenvalue weighted by Crippen LogP contribution is -2.54.